The van der Waals surface area contributed by atoms with Crippen LogP contribution in [0.2, 0.25) is 5.02 Å². The molecule has 2 N–H and O–H groups in total. The highest BCUT2D eigenvalue weighted by Crippen LogP contribution is 2.20. The van der Waals surface area contributed by atoms with Gasteiger partial charge in [-0.25, -0.2) is 4.39 Å². The molecule has 0 heterocycles. The maximum absolute atomic E-state index is 13.4. The second-order valence-electron chi connectivity index (χ2n) is 3.95. The molecule has 0 aliphatic heterocycles. The van der Waals surface area contributed by atoms with Gasteiger partial charge in [-0.05, 0) is 29.3 Å². The summed E-state index contributed by atoms with van der Waals surface area (Å²) in [6, 6.07) is 11.9. The Labute approximate surface area is 110 Å². The van der Waals surface area contributed by atoms with Gasteiger partial charge in [0.25, 0.3) is 0 Å². The van der Waals surface area contributed by atoms with Crippen LogP contribution in [0.15, 0.2) is 42.5 Å². The lowest BCUT2D eigenvalue weighted by Gasteiger charge is -2.08. The van der Waals surface area contributed by atoms with Crippen molar-refractivity contribution in [2.24, 2.45) is 0 Å². The Balaban J connectivity index is 2.04. The van der Waals surface area contributed by atoms with Gasteiger partial charge < -0.3 is 10.4 Å². The molecular weight excluding hydrogens is 253 g/mol. The van der Waals surface area contributed by atoms with Crippen molar-refractivity contribution in [3.05, 3.63) is 64.4 Å². The van der Waals surface area contributed by atoms with Crippen LogP contribution in [0.25, 0.3) is 0 Å². The first-order valence-corrected chi connectivity index (χ1v) is 5.94. The quantitative estimate of drug-likeness (QED) is 0.886. The van der Waals surface area contributed by atoms with E-state index in [-0.39, 0.29) is 12.4 Å². The van der Waals surface area contributed by atoms with E-state index in [4.69, 9.17) is 16.7 Å². The van der Waals surface area contributed by atoms with Crippen molar-refractivity contribution in [2.45, 2.75) is 13.2 Å². The molecule has 0 atom stereocenters. The monoisotopic (exact) mass is 265 g/mol. The summed E-state index contributed by atoms with van der Waals surface area (Å²) < 4.78 is 13.4. The molecule has 0 saturated heterocycles. The van der Waals surface area contributed by atoms with E-state index in [2.05, 4.69) is 5.32 Å². The smallest absolute Gasteiger partial charge is 0.146 e. The van der Waals surface area contributed by atoms with Crippen LogP contribution in [0.4, 0.5) is 10.1 Å². The summed E-state index contributed by atoms with van der Waals surface area (Å²) in [6.45, 7) is 0.527. The Kier molecular flexibility index (Phi) is 4.18. The van der Waals surface area contributed by atoms with Crippen LogP contribution >= 0.6 is 11.6 Å². The van der Waals surface area contributed by atoms with Crippen molar-refractivity contribution < 1.29 is 9.50 Å². The minimum Gasteiger partial charge on any atom is -0.392 e. The third-order valence-electron chi connectivity index (χ3n) is 2.62. The van der Waals surface area contributed by atoms with Gasteiger partial charge in [-0.3, -0.25) is 0 Å². The third kappa shape index (κ3) is 3.22. The summed E-state index contributed by atoms with van der Waals surface area (Å²) in [7, 11) is 0. The molecular formula is C14H13ClFNO. The molecule has 0 fully saturated rings. The van der Waals surface area contributed by atoms with Gasteiger partial charge in [-0.2, -0.15) is 0 Å². The van der Waals surface area contributed by atoms with E-state index in [9.17, 15) is 4.39 Å². The molecule has 18 heavy (non-hydrogen) atoms. The number of hydrogen-bond donors (Lipinski definition) is 2. The first kappa shape index (κ1) is 12.9. The van der Waals surface area contributed by atoms with Gasteiger partial charge in [-0.15, -0.1) is 0 Å². The van der Waals surface area contributed by atoms with E-state index >= 15 is 0 Å². The summed E-state index contributed by atoms with van der Waals surface area (Å²) in [5.74, 6) is -0.327. The van der Waals surface area contributed by atoms with Crippen molar-refractivity contribution in [3.8, 4) is 0 Å². The van der Waals surface area contributed by atoms with Gasteiger partial charge >= 0.3 is 0 Å². The standard InChI is InChI=1S/C14H13ClFNO/c15-12-5-6-13(16)14(7-12)17-8-10-1-3-11(9-18)4-2-10/h1-7,17-18H,8-9H2. The van der Waals surface area contributed by atoms with E-state index in [1.807, 2.05) is 24.3 Å². The van der Waals surface area contributed by atoms with Crippen LogP contribution < -0.4 is 5.32 Å². The molecule has 4 heteroatoms. The zero-order chi connectivity index (χ0) is 13.0. The fraction of sp³-hybridized carbons (Fsp3) is 0.143. The highest BCUT2D eigenvalue weighted by atomic mass is 35.5. The second kappa shape index (κ2) is 5.85. The first-order valence-electron chi connectivity index (χ1n) is 5.56. The molecule has 0 spiro atoms. The number of benzene rings is 2. The molecule has 0 saturated carbocycles. The number of rotatable bonds is 4. The molecule has 0 bridgehead atoms. The molecule has 0 unspecified atom stereocenters. The van der Waals surface area contributed by atoms with Crippen molar-refractivity contribution in [1.29, 1.82) is 0 Å². The molecule has 0 aliphatic carbocycles. The zero-order valence-electron chi connectivity index (χ0n) is 9.66. The molecule has 0 amide bonds. The third-order valence-corrected chi connectivity index (χ3v) is 2.85. The SMILES string of the molecule is OCc1ccc(CNc2cc(Cl)ccc2F)cc1. The minimum atomic E-state index is -0.327. The predicted molar refractivity (Wildman–Crippen MR) is 71.1 cm³/mol. The Hall–Kier alpha value is -1.58. The molecule has 0 radical (unpaired) electrons. The van der Waals surface area contributed by atoms with Crippen LogP contribution in [0.1, 0.15) is 11.1 Å². The Morgan fingerprint density at radius 2 is 1.72 bits per heavy atom. The summed E-state index contributed by atoms with van der Waals surface area (Å²) in [5, 5.41) is 12.4. The highest BCUT2D eigenvalue weighted by Gasteiger charge is 2.02. The average Bonchev–Trinajstić information content (AvgIpc) is 2.40. The summed E-state index contributed by atoms with van der Waals surface area (Å²) >= 11 is 5.80. The predicted octanol–water partition coefficient (Wildman–Crippen LogP) is 3.58. The van der Waals surface area contributed by atoms with Crippen LogP contribution in [-0.2, 0) is 13.2 Å². The first-order chi connectivity index (χ1) is 8.69. The molecule has 2 rings (SSSR count). The Morgan fingerprint density at radius 1 is 1.06 bits per heavy atom. The number of nitrogens with one attached hydrogen (secondary N) is 1. The molecule has 0 aromatic heterocycles. The number of anilines is 1. The van der Waals surface area contributed by atoms with Crippen molar-refractivity contribution in [2.75, 3.05) is 5.32 Å². The fourth-order valence-corrected chi connectivity index (χ4v) is 1.76. The second-order valence-corrected chi connectivity index (χ2v) is 4.39. The van der Waals surface area contributed by atoms with E-state index in [0.29, 0.717) is 17.3 Å². The van der Waals surface area contributed by atoms with Crippen LogP contribution in [0.5, 0.6) is 0 Å². The maximum atomic E-state index is 13.4. The normalized spacial score (nSPS) is 10.4. The lowest BCUT2D eigenvalue weighted by molar-refractivity contribution is 0.282. The Morgan fingerprint density at radius 3 is 2.39 bits per heavy atom. The molecule has 94 valence electrons. The van der Waals surface area contributed by atoms with Crippen LogP contribution in [-0.4, -0.2) is 5.11 Å². The van der Waals surface area contributed by atoms with Crippen LogP contribution in [0.3, 0.4) is 0 Å². The van der Waals surface area contributed by atoms with Gasteiger partial charge in [-0.1, -0.05) is 35.9 Å². The number of halogens is 2. The Bertz CT molecular complexity index is 528. The minimum absolute atomic E-state index is 0.0244. The van der Waals surface area contributed by atoms with Gasteiger partial charge in [0.1, 0.15) is 5.82 Å². The lowest BCUT2D eigenvalue weighted by atomic mass is 10.1. The van der Waals surface area contributed by atoms with E-state index in [0.717, 1.165) is 11.1 Å². The van der Waals surface area contributed by atoms with Crippen LogP contribution in [0, 0.1) is 5.82 Å². The summed E-state index contributed by atoms with van der Waals surface area (Å²) in [4.78, 5) is 0. The number of aliphatic hydroxyl groups is 1. The largest absolute Gasteiger partial charge is 0.392 e. The molecule has 0 aliphatic rings. The van der Waals surface area contributed by atoms with Crippen molar-refractivity contribution in [1.82, 2.24) is 0 Å². The lowest BCUT2D eigenvalue weighted by Crippen LogP contribution is -2.01. The van der Waals surface area contributed by atoms with Gasteiger partial charge in [0.15, 0.2) is 0 Å². The maximum Gasteiger partial charge on any atom is 0.146 e. The molecule has 2 aromatic rings. The highest BCUT2D eigenvalue weighted by molar-refractivity contribution is 6.30. The zero-order valence-corrected chi connectivity index (χ0v) is 10.4. The van der Waals surface area contributed by atoms with Gasteiger partial charge in [0.2, 0.25) is 0 Å². The van der Waals surface area contributed by atoms with Gasteiger partial charge in [0, 0.05) is 11.6 Å². The van der Waals surface area contributed by atoms with Crippen molar-refractivity contribution in [3.63, 3.8) is 0 Å². The summed E-state index contributed by atoms with van der Waals surface area (Å²) in [6.07, 6.45) is 0. The van der Waals surface area contributed by atoms with Crippen molar-refractivity contribution >= 4 is 17.3 Å². The van der Waals surface area contributed by atoms with E-state index in [1.54, 1.807) is 6.07 Å². The number of aliphatic hydroxyl groups excluding tert-OH is 1. The van der Waals surface area contributed by atoms with Gasteiger partial charge in [0.05, 0.1) is 12.3 Å². The van der Waals surface area contributed by atoms with E-state index in [1.165, 1.54) is 12.1 Å². The summed E-state index contributed by atoms with van der Waals surface area (Å²) in [5.41, 5.74) is 2.24. The topological polar surface area (TPSA) is 32.3 Å². The molecule has 2 nitrogen and oxygen atoms in total. The average molecular weight is 266 g/mol. The number of hydrogen-bond acceptors (Lipinski definition) is 2. The van der Waals surface area contributed by atoms with E-state index < -0.39 is 0 Å². The molecule has 2 aromatic carbocycles. The fourth-order valence-electron chi connectivity index (χ4n) is 1.59.